The van der Waals surface area contributed by atoms with Gasteiger partial charge in [0.25, 0.3) is 0 Å². The summed E-state index contributed by atoms with van der Waals surface area (Å²) in [4.78, 5) is 36.1. The van der Waals surface area contributed by atoms with E-state index in [1.54, 1.807) is 0 Å². The molecule has 4 atom stereocenters. The maximum atomic E-state index is 12.2. The molecule has 0 aromatic carbocycles. The summed E-state index contributed by atoms with van der Waals surface area (Å²) in [5.41, 5.74) is 0. The van der Waals surface area contributed by atoms with Crippen molar-refractivity contribution < 1.29 is 24.2 Å². The van der Waals surface area contributed by atoms with Crippen molar-refractivity contribution in [3.8, 4) is 0 Å². The van der Waals surface area contributed by atoms with Crippen LogP contribution in [0, 0.1) is 11.8 Å². The van der Waals surface area contributed by atoms with Crippen LogP contribution in [0.4, 0.5) is 4.79 Å². The van der Waals surface area contributed by atoms with Gasteiger partial charge in [0.2, 0.25) is 11.8 Å². The summed E-state index contributed by atoms with van der Waals surface area (Å²) in [5, 5.41) is 10.7. The number of likely N-dealkylation sites (tertiary alicyclic amines) is 1. The van der Waals surface area contributed by atoms with Gasteiger partial charge >= 0.3 is 6.09 Å². The predicted octanol–water partition coefficient (Wildman–Crippen LogP) is -0.0274. The summed E-state index contributed by atoms with van der Waals surface area (Å²) in [6, 6.07) is 0. The number of ether oxygens (including phenoxy) is 1. The van der Waals surface area contributed by atoms with Gasteiger partial charge in [0, 0.05) is 13.1 Å². The molecule has 3 rings (SSSR count). The van der Waals surface area contributed by atoms with Gasteiger partial charge in [-0.05, 0) is 12.8 Å². The van der Waals surface area contributed by atoms with Crippen LogP contribution < -0.4 is 5.32 Å². The molecule has 0 aliphatic carbocycles. The zero-order valence-electron chi connectivity index (χ0n) is 10.8. The largest absolute Gasteiger partial charge is 0.465 e. The summed E-state index contributed by atoms with van der Waals surface area (Å²) >= 11 is 0. The minimum absolute atomic E-state index is 0.150. The first-order chi connectivity index (χ1) is 9.59. The highest BCUT2D eigenvalue weighted by Crippen LogP contribution is 2.44. The van der Waals surface area contributed by atoms with E-state index < -0.39 is 6.09 Å². The van der Waals surface area contributed by atoms with Gasteiger partial charge in [0.15, 0.2) is 0 Å². The lowest BCUT2D eigenvalue weighted by Crippen LogP contribution is -2.35. The van der Waals surface area contributed by atoms with Crippen LogP contribution in [-0.4, -0.2) is 53.2 Å². The topological polar surface area (TPSA) is 95.9 Å². The van der Waals surface area contributed by atoms with E-state index in [2.05, 4.69) is 5.32 Å². The first-order valence-electron chi connectivity index (χ1n) is 6.75. The summed E-state index contributed by atoms with van der Waals surface area (Å²) in [5.74, 6) is -1.00. The van der Waals surface area contributed by atoms with Crippen LogP contribution in [0.1, 0.15) is 12.8 Å². The van der Waals surface area contributed by atoms with E-state index in [-0.39, 0.29) is 35.9 Å². The summed E-state index contributed by atoms with van der Waals surface area (Å²) in [6.45, 7) is 0.680. The Hall–Kier alpha value is -1.89. The Morgan fingerprint density at radius 3 is 2.35 bits per heavy atom. The van der Waals surface area contributed by atoms with E-state index in [1.165, 1.54) is 4.90 Å². The molecule has 108 valence electrons. The molecule has 0 saturated carbocycles. The fraction of sp³-hybridized carbons (Fsp3) is 0.615. The summed E-state index contributed by atoms with van der Waals surface area (Å²) in [7, 11) is 0. The van der Waals surface area contributed by atoms with Crippen molar-refractivity contribution in [2.45, 2.75) is 25.0 Å². The third-order valence-electron chi connectivity index (χ3n) is 4.09. The Labute approximate surface area is 115 Å². The highest BCUT2D eigenvalue weighted by Gasteiger charge is 2.60. The smallest absolute Gasteiger partial charge is 0.404 e. The number of nitrogens with one attached hydrogen (secondary N) is 1. The highest BCUT2D eigenvalue weighted by atomic mass is 16.5. The minimum atomic E-state index is -1.06. The van der Waals surface area contributed by atoms with Crippen molar-refractivity contribution in [2.24, 2.45) is 11.8 Å². The number of carbonyl (C=O) groups excluding carboxylic acids is 2. The van der Waals surface area contributed by atoms with E-state index in [1.807, 2.05) is 12.2 Å². The first kappa shape index (κ1) is 13.1. The number of unbranched alkanes of at least 4 members (excludes halogenated alkanes) is 1. The van der Waals surface area contributed by atoms with Crippen LogP contribution in [0.15, 0.2) is 12.2 Å². The molecule has 3 aliphatic rings. The van der Waals surface area contributed by atoms with Crippen molar-refractivity contribution in [2.75, 3.05) is 13.1 Å². The number of fused-ring (bicyclic) bond motifs is 5. The van der Waals surface area contributed by atoms with Gasteiger partial charge in [0.05, 0.1) is 24.0 Å². The quantitative estimate of drug-likeness (QED) is 0.419. The third-order valence-corrected chi connectivity index (χ3v) is 4.09. The molecule has 2 saturated heterocycles. The Bertz CT molecular complexity index is 459. The Kier molecular flexibility index (Phi) is 3.21. The number of hydrogen-bond acceptors (Lipinski definition) is 4. The minimum Gasteiger partial charge on any atom is -0.465 e. The van der Waals surface area contributed by atoms with Crippen LogP contribution in [0.5, 0.6) is 0 Å². The van der Waals surface area contributed by atoms with E-state index in [0.717, 1.165) is 0 Å². The molecule has 3 aliphatic heterocycles. The van der Waals surface area contributed by atoms with Crippen molar-refractivity contribution in [1.82, 2.24) is 10.2 Å². The molecule has 7 nitrogen and oxygen atoms in total. The number of rotatable bonds is 5. The lowest BCUT2D eigenvalue weighted by atomic mass is 9.85. The number of nitrogens with zero attached hydrogens (tertiary/aromatic N) is 1. The van der Waals surface area contributed by atoms with Crippen LogP contribution >= 0.6 is 0 Å². The second-order valence-electron chi connectivity index (χ2n) is 5.27. The van der Waals surface area contributed by atoms with E-state index in [9.17, 15) is 14.4 Å². The molecule has 0 aromatic heterocycles. The van der Waals surface area contributed by atoms with Gasteiger partial charge in [-0.3, -0.25) is 14.5 Å². The second-order valence-corrected chi connectivity index (χ2v) is 5.27. The molecule has 3 amide bonds. The second kappa shape index (κ2) is 4.90. The van der Waals surface area contributed by atoms with Gasteiger partial charge < -0.3 is 15.2 Å². The van der Waals surface area contributed by atoms with Crippen molar-refractivity contribution in [3.05, 3.63) is 12.2 Å². The Morgan fingerprint density at radius 1 is 1.20 bits per heavy atom. The SMILES string of the molecule is O=C(O)NCCCCN1C(=O)C2C3C=CC(O3)C2C1=O. The Morgan fingerprint density at radius 2 is 1.80 bits per heavy atom. The molecular weight excluding hydrogens is 264 g/mol. The van der Waals surface area contributed by atoms with E-state index >= 15 is 0 Å². The van der Waals surface area contributed by atoms with Gasteiger partial charge in [-0.1, -0.05) is 12.2 Å². The highest BCUT2D eigenvalue weighted by molar-refractivity contribution is 6.06. The fourth-order valence-corrected chi connectivity index (χ4v) is 3.18. The molecule has 3 heterocycles. The molecule has 7 heteroatoms. The average Bonchev–Trinajstić information content (AvgIpc) is 3.06. The molecule has 2 bridgehead atoms. The van der Waals surface area contributed by atoms with Gasteiger partial charge in [-0.15, -0.1) is 0 Å². The molecular formula is C13H16N2O5. The van der Waals surface area contributed by atoms with E-state index in [4.69, 9.17) is 9.84 Å². The van der Waals surface area contributed by atoms with Gasteiger partial charge in [-0.2, -0.15) is 0 Å². The summed E-state index contributed by atoms with van der Waals surface area (Å²) in [6.07, 6.45) is 3.35. The van der Waals surface area contributed by atoms with Crippen LogP contribution in [0.25, 0.3) is 0 Å². The third kappa shape index (κ3) is 1.98. The molecule has 20 heavy (non-hydrogen) atoms. The number of amides is 3. The maximum absolute atomic E-state index is 12.2. The van der Waals surface area contributed by atoms with Gasteiger partial charge in [-0.25, -0.2) is 4.79 Å². The number of carboxylic acid groups (broad SMARTS) is 1. The lowest BCUT2D eigenvalue weighted by Gasteiger charge is -2.17. The van der Waals surface area contributed by atoms with E-state index in [0.29, 0.717) is 25.9 Å². The van der Waals surface area contributed by atoms with Crippen molar-refractivity contribution in [3.63, 3.8) is 0 Å². The lowest BCUT2D eigenvalue weighted by molar-refractivity contribution is -0.142. The molecule has 4 unspecified atom stereocenters. The zero-order chi connectivity index (χ0) is 14.3. The zero-order valence-corrected chi connectivity index (χ0v) is 10.8. The normalized spacial score (nSPS) is 33.9. The molecule has 2 fully saturated rings. The first-order valence-corrected chi connectivity index (χ1v) is 6.75. The predicted molar refractivity (Wildman–Crippen MR) is 66.8 cm³/mol. The molecule has 0 spiro atoms. The number of hydrogen-bond donors (Lipinski definition) is 2. The number of carbonyl (C=O) groups is 3. The van der Waals surface area contributed by atoms with Crippen LogP contribution in [0.3, 0.4) is 0 Å². The monoisotopic (exact) mass is 280 g/mol. The fourth-order valence-electron chi connectivity index (χ4n) is 3.18. The van der Waals surface area contributed by atoms with Crippen LogP contribution in [-0.2, 0) is 14.3 Å². The average molecular weight is 280 g/mol. The Balaban J connectivity index is 1.53. The summed E-state index contributed by atoms with van der Waals surface area (Å²) < 4.78 is 5.54. The van der Waals surface area contributed by atoms with Crippen LogP contribution in [0.2, 0.25) is 0 Å². The standard InChI is InChI=1S/C13H16N2O5/c16-11-9-7-3-4-8(20-7)10(9)12(17)15(11)6-2-1-5-14-13(18)19/h3-4,7-10,14H,1-2,5-6H2,(H,18,19). The van der Waals surface area contributed by atoms with Gasteiger partial charge in [0.1, 0.15) is 0 Å². The molecule has 2 N–H and O–H groups in total. The number of imide groups is 1. The van der Waals surface area contributed by atoms with Crippen molar-refractivity contribution >= 4 is 17.9 Å². The van der Waals surface area contributed by atoms with Crippen molar-refractivity contribution in [1.29, 1.82) is 0 Å². The molecule has 0 radical (unpaired) electrons. The maximum Gasteiger partial charge on any atom is 0.404 e. The molecule has 0 aromatic rings.